The van der Waals surface area contributed by atoms with Gasteiger partial charge in [0.15, 0.2) is 0 Å². The highest BCUT2D eigenvalue weighted by molar-refractivity contribution is 6.41. The Labute approximate surface area is 106 Å². The van der Waals surface area contributed by atoms with Gasteiger partial charge in [0, 0.05) is 5.02 Å². The maximum atomic E-state index is 11.7. The summed E-state index contributed by atoms with van der Waals surface area (Å²) in [6.45, 7) is 0. The van der Waals surface area contributed by atoms with E-state index in [0.29, 0.717) is 10.7 Å². The first-order valence-electron chi connectivity index (χ1n) is 4.29. The zero-order valence-electron chi connectivity index (χ0n) is 7.82. The SMILES string of the molecule is O=c1c(Cl)c(Cl)cnn1-c1ccc(Cl)cc1. The molecule has 0 fully saturated rings. The predicted octanol–water partition coefficient (Wildman–Crippen LogP) is 3.19. The Balaban J connectivity index is 2.61. The van der Waals surface area contributed by atoms with E-state index in [2.05, 4.69) is 5.10 Å². The summed E-state index contributed by atoms with van der Waals surface area (Å²) in [5, 5.41) is 4.55. The van der Waals surface area contributed by atoms with E-state index >= 15 is 0 Å². The third kappa shape index (κ3) is 2.07. The summed E-state index contributed by atoms with van der Waals surface area (Å²) in [7, 11) is 0. The molecule has 3 nitrogen and oxygen atoms in total. The summed E-state index contributed by atoms with van der Waals surface area (Å²) in [4.78, 5) is 11.7. The maximum absolute atomic E-state index is 11.7. The molecule has 1 aromatic carbocycles. The van der Waals surface area contributed by atoms with E-state index in [1.165, 1.54) is 6.20 Å². The lowest BCUT2D eigenvalue weighted by molar-refractivity contribution is 0.807. The van der Waals surface area contributed by atoms with Gasteiger partial charge in [-0.2, -0.15) is 9.78 Å². The molecule has 1 aromatic heterocycles. The molecule has 0 aliphatic carbocycles. The molecule has 2 rings (SSSR count). The summed E-state index contributed by atoms with van der Waals surface area (Å²) < 4.78 is 1.16. The minimum absolute atomic E-state index is 0.0494. The van der Waals surface area contributed by atoms with Crippen molar-refractivity contribution in [3.05, 3.63) is 55.9 Å². The maximum Gasteiger partial charge on any atom is 0.291 e. The molecule has 0 spiro atoms. The summed E-state index contributed by atoms with van der Waals surface area (Å²) in [6, 6.07) is 6.66. The van der Waals surface area contributed by atoms with Gasteiger partial charge in [-0.1, -0.05) is 34.8 Å². The van der Waals surface area contributed by atoms with Crippen molar-refractivity contribution >= 4 is 34.8 Å². The molecule has 2 aromatic rings. The van der Waals surface area contributed by atoms with Crippen LogP contribution in [0.4, 0.5) is 0 Å². The molecule has 82 valence electrons. The average Bonchev–Trinajstić information content (AvgIpc) is 2.28. The molecule has 0 saturated carbocycles. The van der Waals surface area contributed by atoms with E-state index < -0.39 is 5.56 Å². The zero-order chi connectivity index (χ0) is 11.7. The molecule has 0 atom stereocenters. The smallest absolute Gasteiger partial charge is 0.266 e. The van der Waals surface area contributed by atoms with Gasteiger partial charge in [-0.25, -0.2) is 0 Å². The van der Waals surface area contributed by atoms with Gasteiger partial charge in [0.1, 0.15) is 5.02 Å². The number of halogens is 3. The van der Waals surface area contributed by atoms with E-state index in [1.807, 2.05) is 0 Å². The number of nitrogens with zero attached hydrogens (tertiary/aromatic N) is 2. The molecule has 0 radical (unpaired) electrons. The fourth-order valence-electron chi connectivity index (χ4n) is 1.18. The Morgan fingerprint density at radius 1 is 1.06 bits per heavy atom. The summed E-state index contributed by atoms with van der Waals surface area (Å²) in [6.07, 6.45) is 1.32. The molecule has 0 unspecified atom stereocenters. The van der Waals surface area contributed by atoms with Gasteiger partial charge in [0.2, 0.25) is 0 Å². The molecule has 0 N–H and O–H groups in total. The fraction of sp³-hybridized carbons (Fsp3) is 0. The Morgan fingerprint density at radius 2 is 1.69 bits per heavy atom. The predicted molar refractivity (Wildman–Crippen MR) is 64.9 cm³/mol. The Kier molecular flexibility index (Phi) is 3.19. The second kappa shape index (κ2) is 4.45. The minimum Gasteiger partial charge on any atom is -0.266 e. The van der Waals surface area contributed by atoms with Crippen molar-refractivity contribution in [1.29, 1.82) is 0 Å². The van der Waals surface area contributed by atoms with Gasteiger partial charge in [0.05, 0.1) is 16.9 Å². The van der Waals surface area contributed by atoms with E-state index in [4.69, 9.17) is 34.8 Å². The first-order chi connectivity index (χ1) is 7.59. The average molecular weight is 276 g/mol. The lowest BCUT2D eigenvalue weighted by atomic mass is 10.3. The topological polar surface area (TPSA) is 34.9 Å². The van der Waals surface area contributed by atoms with Crippen molar-refractivity contribution in [2.24, 2.45) is 0 Å². The fourth-order valence-corrected chi connectivity index (χ4v) is 1.56. The number of rotatable bonds is 1. The molecule has 16 heavy (non-hydrogen) atoms. The highest BCUT2D eigenvalue weighted by Gasteiger charge is 2.08. The molecule has 0 aliphatic rings. The van der Waals surface area contributed by atoms with Crippen LogP contribution < -0.4 is 5.56 Å². The van der Waals surface area contributed by atoms with Crippen LogP contribution in [0.1, 0.15) is 0 Å². The van der Waals surface area contributed by atoms with Crippen molar-refractivity contribution < 1.29 is 0 Å². The molecular formula is C10H5Cl3N2O. The molecular weight excluding hydrogens is 270 g/mol. The van der Waals surface area contributed by atoms with Crippen LogP contribution in [0.2, 0.25) is 15.1 Å². The molecule has 0 bridgehead atoms. The van der Waals surface area contributed by atoms with Gasteiger partial charge < -0.3 is 0 Å². The highest BCUT2D eigenvalue weighted by Crippen LogP contribution is 2.17. The third-order valence-electron chi connectivity index (χ3n) is 1.95. The third-order valence-corrected chi connectivity index (χ3v) is 2.95. The van der Waals surface area contributed by atoms with Gasteiger partial charge >= 0.3 is 0 Å². The van der Waals surface area contributed by atoms with Crippen LogP contribution in [-0.2, 0) is 0 Å². The van der Waals surface area contributed by atoms with Crippen LogP contribution in [0.15, 0.2) is 35.3 Å². The molecule has 0 amide bonds. The van der Waals surface area contributed by atoms with E-state index in [-0.39, 0.29) is 10.0 Å². The number of aromatic nitrogens is 2. The highest BCUT2D eigenvalue weighted by atomic mass is 35.5. The van der Waals surface area contributed by atoms with Gasteiger partial charge in [-0.15, -0.1) is 0 Å². The van der Waals surface area contributed by atoms with Crippen LogP contribution in [0.25, 0.3) is 5.69 Å². The zero-order valence-corrected chi connectivity index (χ0v) is 10.1. The summed E-state index contributed by atoms with van der Waals surface area (Å²) in [5.41, 5.74) is 0.115. The second-order valence-corrected chi connectivity index (χ2v) is 4.22. The quantitative estimate of drug-likeness (QED) is 0.801. The largest absolute Gasteiger partial charge is 0.291 e. The van der Waals surface area contributed by atoms with Crippen LogP contribution >= 0.6 is 34.8 Å². The summed E-state index contributed by atoms with van der Waals surface area (Å²) >= 11 is 17.1. The lowest BCUT2D eigenvalue weighted by Gasteiger charge is -2.04. The van der Waals surface area contributed by atoms with Crippen LogP contribution in [-0.4, -0.2) is 9.78 Å². The monoisotopic (exact) mass is 274 g/mol. The molecule has 0 saturated heterocycles. The van der Waals surface area contributed by atoms with Gasteiger partial charge in [0.25, 0.3) is 5.56 Å². The van der Waals surface area contributed by atoms with Crippen molar-refractivity contribution in [2.45, 2.75) is 0 Å². The number of benzene rings is 1. The van der Waals surface area contributed by atoms with Crippen molar-refractivity contribution in [1.82, 2.24) is 9.78 Å². The Morgan fingerprint density at radius 3 is 2.31 bits per heavy atom. The standard InChI is InChI=1S/C10H5Cl3N2O/c11-6-1-3-7(4-2-6)15-10(16)9(13)8(12)5-14-15/h1-5H. The van der Waals surface area contributed by atoms with Crippen LogP contribution in [0, 0.1) is 0 Å². The summed E-state index contributed by atoms with van der Waals surface area (Å²) in [5.74, 6) is 0. The number of hydrogen-bond donors (Lipinski definition) is 0. The first-order valence-corrected chi connectivity index (χ1v) is 5.42. The van der Waals surface area contributed by atoms with E-state index in [1.54, 1.807) is 24.3 Å². The van der Waals surface area contributed by atoms with E-state index in [9.17, 15) is 4.79 Å². The van der Waals surface area contributed by atoms with Crippen molar-refractivity contribution in [2.75, 3.05) is 0 Å². The van der Waals surface area contributed by atoms with Gasteiger partial charge in [-0.3, -0.25) is 4.79 Å². The van der Waals surface area contributed by atoms with Crippen molar-refractivity contribution in [3.8, 4) is 5.69 Å². The van der Waals surface area contributed by atoms with Gasteiger partial charge in [-0.05, 0) is 24.3 Å². The number of hydrogen-bond acceptors (Lipinski definition) is 2. The van der Waals surface area contributed by atoms with Crippen LogP contribution in [0.5, 0.6) is 0 Å². The van der Waals surface area contributed by atoms with Crippen LogP contribution in [0.3, 0.4) is 0 Å². The Hall–Kier alpha value is -1.03. The first kappa shape index (κ1) is 11.5. The minimum atomic E-state index is -0.462. The van der Waals surface area contributed by atoms with Crippen molar-refractivity contribution in [3.63, 3.8) is 0 Å². The lowest BCUT2D eigenvalue weighted by Crippen LogP contribution is -2.21. The molecule has 1 heterocycles. The normalized spacial score (nSPS) is 10.4. The molecule has 6 heteroatoms. The van der Waals surface area contributed by atoms with E-state index in [0.717, 1.165) is 4.68 Å². The second-order valence-electron chi connectivity index (χ2n) is 3.00. The Bertz CT molecular complexity index is 578. The molecule has 0 aliphatic heterocycles.